The number of hydrogen-bond acceptors (Lipinski definition) is 4. The summed E-state index contributed by atoms with van der Waals surface area (Å²) in [4.78, 5) is 38.7. The predicted molar refractivity (Wildman–Crippen MR) is 121 cm³/mol. The zero-order valence-electron chi connectivity index (χ0n) is 18.5. The molecule has 1 aromatic heterocycles. The number of ether oxygens (including phenoxy) is 1. The number of alkyl halides is 3. The molecule has 0 radical (unpaired) electrons. The van der Waals surface area contributed by atoms with E-state index in [1.807, 2.05) is 30.3 Å². The normalized spacial score (nSPS) is 13.2. The number of amides is 2. The third kappa shape index (κ3) is 6.28. The Kier molecular flexibility index (Phi) is 6.90. The average molecular weight is 485 g/mol. The Bertz CT molecular complexity index is 1290. The molecule has 0 bridgehead atoms. The van der Waals surface area contributed by atoms with E-state index in [0.717, 1.165) is 24.5 Å². The van der Waals surface area contributed by atoms with Crippen molar-refractivity contribution in [2.45, 2.75) is 38.3 Å². The lowest BCUT2D eigenvalue weighted by atomic mass is 10.1. The highest BCUT2D eigenvalue weighted by Gasteiger charge is 2.32. The fraction of sp³-hybridized carbons (Fsp3) is 0.240. The largest absolute Gasteiger partial charge is 0.573 e. The van der Waals surface area contributed by atoms with Crippen molar-refractivity contribution >= 4 is 11.8 Å². The van der Waals surface area contributed by atoms with Crippen molar-refractivity contribution < 1.29 is 27.5 Å². The van der Waals surface area contributed by atoms with Gasteiger partial charge in [0.25, 0.3) is 11.8 Å². The summed E-state index contributed by atoms with van der Waals surface area (Å²) in [5.41, 5.74) is -0.279. The maximum Gasteiger partial charge on any atom is 0.573 e. The fourth-order valence-electron chi connectivity index (χ4n) is 3.52. The molecule has 0 spiro atoms. The highest BCUT2D eigenvalue weighted by molar-refractivity contribution is 5.99. The molecule has 3 aromatic rings. The first kappa shape index (κ1) is 24.1. The van der Waals surface area contributed by atoms with Gasteiger partial charge in [0, 0.05) is 37.1 Å². The summed E-state index contributed by atoms with van der Waals surface area (Å²) in [6.07, 6.45) is -0.390. The number of nitrogens with zero attached hydrogens (tertiary/aromatic N) is 1. The maximum absolute atomic E-state index is 13.0. The molecule has 2 N–H and O–H groups in total. The molecule has 182 valence electrons. The molecule has 1 heterocycles. The van der Waals surface area contributed by atoms with E-state index in [2.05, 4.69) is 15.4 Å². The van der Waals surface area contributed by atoms with Crippen LogP contribution in [0.5, 0.6) is 5.75 Å². The van der Waals surface area contributed by atoms with Crippen molar-refractivity contribution in [3.63, 3.8) is 0 Å². The molecule has 0 unspecified atom stereocenters. The topological polar surface area (TPSA) is 89.4 Å². The Morgan fingerprint density at radius 3 is 2.06 bits per heavy atom. The fourth-order valence-corrected chi connectivity index (χ4v) is 3.52. The second kappa shape index (κ2) is 10.0. The van der Waals surface area contributed by atoms with Gasteiger partial charge in [-0.05, 0) is 24.5 Å². The Labute approximate surface area is 198 Å². The van der Waals surface area contributed by atoms with E-state index < -0.39 is 29.4 Å². The Balaban J connectivity index is 1.53. The molecule has 1 saturated carbocycles. The number of halogens is 3. The first-order valence-electron chi connectivity index (χ1n) is 10.9. The number of para-hydroxylation sites is 1. The number of carbonyl (C=O) groups excluding carboxylic acids is 2. The van der Waals surface area contributed by atoms with Gasteiger partial charge in [0.15, 0.2) is 0 Å². The molecule has 7 nitrogen and oxygen atoms in total. The monoisotopic (exact) mass is 485 g/mol. The lowest BCUT2D eigenvalue weighted by Crippen LogP contribution is -2.35. The summed E-state index contributed by atoms with van der Waals surface area (Å²) < 4.78 is 43.6. The zero-order chi connectivity index (χ0) is 25.0. The molecule has 1 aliphatic carbocycles. The van der Waals surface area contributed by atoms with E-state index >= 15 is 0 Å². The SMILES string of the molecule is O=C(NCc1ccccc1)c1cn(C2CC2)cc(C(=O)NCc2ccccc2OC(F)(F)F)c1=O. The van der Waals surface area contributed by atoms with Crippen LogP contribution in [0.1, 0.15) is 50.7 Å². The van der Waals surface area contributed by atoms with Crippen LogP contribution in [0.2, 0.25) is 0 Å². The number of nitrogens with one attached hydrogen (secondary N) is 2. The lowest BCUT2D eigenvalue weighted by molar-refractivity contribution is -0.274. The molecule has 0 saturated heterocycles. The van der Waals surface area contributed by atoms with E-state index in [-0.39, 0.29) is 35.8 Å². The molecular formula is C25H22F3N3O4. The molecule has 4 rings (SSSR count). The number of aromatic nitrogens is 1. The zero-order valence-corrected chi connectivity index (χ0v) is 18.5. The molecule has 1 aliphatic rings. The lowest BCUT2D eigenvalue weighted by Gasteiger charge is -2.14. The van der Waals surface area contributed by atoms with Gasteiger partial charge in [-0.15, -0.1) is 13.2 Å². The summed E-state index contributed by atoms with van der Waals surface area (Å²) in [5, 5.41) is 5.15. The predicted octanol–water partition coefficient (Wildman–Crippen LogP) is 3.94. The number of hydrogen-bond donors (Lipinski definition) is 2. The minimum atomic E-state index is -4.89. The van der Waals surface area contributed by atoms with Gasteiger partial charge in [0.1, 0.15) is 16.9 Å². The summed E-state index contributed by atoms with van der Waals surface area (Å²) in [7, 11) is 0. The second-order valence-corrected chi connectivity index (χ2v) is 8.10. The molecule has 1 fully saturated rings. The third-order valence-corrected chi connectivity index (χ3v) is 5.44. The van der Waals surface area contributed by atoms with Crippen LogP contribution in [0.3, 0.4) is 0 Å². The van der Waals surface area contributed by atoms with Crippen LogP contribution >= 0.6 is 0 Å². The van der Waals surface area contributed by atoms with Crippen LogP contribution in [-0.4, -0.2) is 22.7 Å². The van der Waals surface area contributed by atoms with Gasteiger partial charge in [-0.3, -0.25) is 14.4 Å². The van der Waals surface area contributed by atoms with Crippen LogP contribution < -0.4 is 20.8 Å². The summed E-state index contributed by atoms with van der Waals surface area (Å²) in [6.45, 7) is -0.104. The van der Waals surface area contributed by atoms with Gasteiger partial charge >= 0.3 is 6.36 Å². The first-order valence-corrected chi connectivity index (χ1v) is 10.9. The van der Waals surface area contributed by atoms with Crippen molar-refractivity contribution in [2.24, 2.45) is 0 Å². The van der Waals surface area contributed by atoms with Gasteiger partial charge < -0.3 is 19.9 Å². The number of rotatable bonds is 8. The third-order valence-electron chi connectivity index (χ3n) is 5.44. The smallest absolute Gasteiger partial charge is 0.405 e. The molecule has 0 aliphatic heterocycles. The van der Waals surface area contributed by atoms with Gasteiger partial charge in [-0.25, -0.2) is 0 Å². The minimum absolute atomic E-state index is 0.0729. The quantitative estimate of drug-likeness (QED) is 0.506. The molecular weight excluding hydrogens is 463 g/mol. The van der Waals surface area contributed by atoms with Crippen molar-refractivity contribution in [1.82, 2.24) is 15.2 Å². The molecule has 0 atom stereocenters. The number of pyridine rings is 1. The standard InChI is InChI=1S/C25H22F3N3O4/c26-25(27,28)35-21-9-5-4-8-17(21)13-30-24(34)20-15-31(18-10-11-18)14-19(22(20)32)23(33)29-12-16-6-2-1-3-7-16/h1-9,14-15,18H,10-13H2,(H,29,33)(H,30,34). The molecule has 10 heteroatoms. The van der Waals surface area contributed by atoms with Crippen molar-refractivity contribution in [2.75, 3.05) is 0 Å². The summed E-state index contributed by atoms with van der Waals surface area (Å²) in [5.74, 6) is -1.87. The molecule has 2 aromatic carbocycles. The van der Waals surface area contributed by atoms with E-state index in [1.54, 1.807) is 4.57 Å². The van der Waals surface area contributed by atoms with Gasteiger partial charge in [0.05, 0.1) is 0 Å². The van der Waals surface area contributed by atoms with Gasteiger partial charge in [0.2, 0.25) is 5.43 Å². The maximum atomic E-state index is 13.0. The van der Waals surface area contributed by atoms with Crippen molar-refractivity contribution in [3.05, 3.63) is 99.5 Å². The molecule has 35 heavy (non-hydrogen) atoms. The van der Waals surface area contributed by atoms with E-state index in [9.17, 15) is 27.6 Å². The van der Waals surface area contributed by atoms with E-state index in [1.165, 1.54) is 30.6 Å². The summed E-state index contributed by atoms with van der Waals surface area (Å²) in [6, 6.07) is 14.6. The van der Waals surface area contributed by atoms with E-state index in [0.29, 0.717) is 0 Å². The highest BCUT2D eigenvalue weighted by Crippen LogP contribution is 2.34. The van der Waals surface area contributed by atoms with Crippen LogP contribution in [0, 0.1) is 0 Å². The number of benzene rings is 2. The van der Waals surface area contributed by atoms with Crippen LogP contribution in [0.4, 0.5) is 13.2 Å². The van der Waals surface area contributed by atoms with E-state index in [4.69, 9.17) is 0 Å². The number of carbonyl (C=O) groups is 2. The highest BCUT2D eigenvalue weighted by atomic mass is 19.4. The summed E-state index contributed by atoms with van der Waals surface area (Å²) >= 11 is 0. The molecule has 2 amide bonds. The van der Waals surface area contributed by atoms with Crippen LogP contribution in [0.25, 0.3) is 0 Å². The van der Waals surface area contributed by atoms with Crippen molar-refractivity contribution in [3.8, 4) is 5.75 Å². The Hall–Kier alpha value is -4.08. The van der Waals surface area contributed by atoms with Crippen LogP contribution in [0.15, 0.2) is 71.8 Å². The average Bonchev–Trinajstić information content (AvgIpc) is 3.67. The van der Waals surface area contributed by atoms with Crippen molar-refractivity contribution in [1.29, 1.82) is 0 Å². The first-order chi connectivity index (χ1) is 16.7. The Morgan fingerprint density at radius 2 is 1.46 bits per heavy atom. The van der Waals surface area contributed by atoms with Crippen LogP contribution in [-0.2, 0) is 13.1 Å². The second-order valence-electron chi connectivity index (χ2n) is 8.10. The Morgan fingerprint density at radius 1 is 0.886 bits per heavy atom. The van der Waals surface area contributed by atoms with Gasteiger partial charge in [-0.2, -0.15) is 0 Å². The minimum Gasteiger partial charge on any atom is -0.405 e. The van der Waals surface area contributed by atoms with Gasteiger partial charge in [-0.1, -0.05) is 48.5 Å².